The van der Waals surface area contributed by atoms with E-state index in [1.807, 2.05) is 0 Å². The summed E-state index contributed by atoms with van der Waals surface area (Å²) >= 11 is 1.78. The zero-order valence-electron chi connectivity index (χ0n) is 11.7. The van der Waals surface area contributed by atoms with E-state index in [2.05, 4.69) is 36.5 Å². The Hall–Kier alpha value is -0.450. The van der Waals surface area contributed by atoms with Crippen LogP contribution in [0.1, 0.15) is 31.0 Å². The number of nitrogens with one attached hydrogen (secondary N) is 1. The Labute approximate surface area is 114 Å². The summed E-state index contributed by atoms with van der Waals surface area (Å²) in [5.41, 5.74) is 1.40. The third-order valence-corrected chi connectivity index (χ3v) is 4.40. The smallest absolute Gasteiger partial charge is 0.0935 e. The topological polar surface area (TPSA) is 34.1 Å². The SMILES string of the molecule is Cc1csc(CC2(CNCC(C)C)CCOC2)n1. The van der Waals surface area contributed by atoms with Crippen molar-refractivity contribution in [3.05, 3.63) is 16.1 Å². The Morgan fingerprint density at radius 2 is 2.39 bits per heavy atom. The van der Waals surface area contributed by atoms with Crippen molar-refractivity contribution in [2.45, 2.75) is 33.6 Å². The highest BCUT2D eigenvalue weighted by atomic mass is 32.1. The molecule has 0 amide bonds. The van der Waals surface area contributed by atoms with E-state index in [-0.39, 0.29) is 5.41 Å². The summed E-state index contributed by atoms with van der Waals surface area (Å²) in [5, 5.41) is 6.98. The molecule has 0 aromatic carbocycles. The minimum Gasteiger partial charge on any atom is -0.381 e. The highest BCUT2D eigenvalue weighted by Gasteiger charge is 2.35. The molecule has 1 atom stereocenters. The predicted molar refractivity (Wildman–Crippen MR) is 76.1 cm³/mol. The van der Waals surface area contributed by atoms with Crippen LogP contribution >= 0.6 is 11.3 Å². The Morgan fingerprint density at radius 1 is 1.56 bits per heavy atom. The molecule has 1 aliphatic rings. The van der Waals surface area contributed by atoms with Gasteiger partial charge in [-0.3, -0.25) is 0 Å². The molecule has 18 heavy (non-hydrogen) atoms. The van der Waals surface area contributed by atoms with Crippen molar-refractivity contribution >= 4 is 11.3 Å². The molecule has 0 spiro atoms. The van der Waals surface area contributed by atoms with Gasteiger partial charge in [0.15, 0.2) is 0 Å². The fourth-order valence-corrected chi connectivity index (χ4v) is 3.37. The second-order valence-corrected chi connectivity index (χ2v) is 6.83. The summed E-state index contributed by atoms with van der Waals surface area (Å²) < 4.78 is 5.63. The van der Waals surface area contributed by atoms with Crippen LogP contribution in [0.2, 0.25) is 0 Å². The number of rotatable bonds is 6. The van der Waals surface area contributed by atoms with Crippen molar-refractivity contribution in [2.75, 3.05) is 26.3 Å². The maximum Gasteiger partial charge on any atom is 0.0935 e. The Morgan fingerprint density at radius 3 is 2.94 bits per heavy atom. The van der Waals surface area contributed by atoms with Crippen molar-refractivity contribution in [2.24, 2.45) is 11.3 Å². The predicted octanol–water partition coefficient (Wildman–Crippen LogP) is 2.65. The highest BCUT2D eigenvalue weighted by molar-refractivity contribution is 7.09. The van der Waals surface area contributed by atoms with Crippen LogP contribution in [0.15, 0.2) is 5.38 Å². The first-order valence-corrected chi connectivity index (χ1v) is 7.67. The molecule has 0 bridgehead atoms. The van der Waals surface area contributed by atoms with Crippen LogP contribution in [0.3, 0.4) is 0 Å². The van der Waals surface area contributed by atoms with Gasteiger partial charge in [0.05, 0.1) is 11.6 Å². The molecule has 102 valence electrons. The van der Waals surface area contributed by atoms with Crippen LogP contribution in [0, 0.1) is 18.3 Å². The van der Waals surface area contributed by atoms with Crippen LogP contribution in [0.4, 0.5) is 0 Å². The van der Waals surface area contributed by atoms with Crippen molar-refractivity contribution < 1.29 is 4.74 Å². The molecule has 3 nitrogen and oxygen atoms in total. The first kappa shape index (κ1) is 14.0. The van der Waals surface area contributed by atoms with Gasteiger partial charge in [-0.2, -0.15) is 0 Å². The fourth-order valence-electron chi connectivity index (χ4n) is 2.42. The molecule has 0 aliphatic carbocycles. The largest absolute Gasteiger partial charge is 0.381 e. The zero-order valence-corrected chi connectivity index (χ0v) is 12.5. The highest BCUT2D eigenvalue weighted by Crippen LogP contribution is 2.33. The van der Waals surface area contributed by atoms with Crippen LogP contribution in [0.25, 0.3) is 0 Å². The van der Waals surface area contributed by atoms with Gasteiger partial charge in [-0.25, -0.2) is 4.98 Å². The van der Waals surface area contributed by atoms with E-state index in [1.54, 1.807) is 11.3 Å². The molecule has 1 fully saturated rings. The van der Waals surface area contributed by atoms with Crippen LogP contribution < -0.4 is 5.32 Å². The summed E-state index contributed by atoms with van der Waals surface area (Å²) in [7, 11) is 0. The number of thiazole rings is 1. The lowest BCUT2D eigenvalue weighted by Gasteiger charge is -2.27. The summed E-state index contributed by atoms with van der Waals surface area (Å²) in [6, 6.07) is 0. The zero-order chi connectivity index (χ0) is 13.0. The molecule has 1 aromatic rings. The summed E-state index contributed by atoms with van der Waals surface area (Å²) in [6.45, 7) is 10.5. The number of ether oxygens (including phenoxy) is 1. The van der Waals surface area contributed by atoms with Gasteiger partial charge in [-0.1, -0.05) is 13.8 Å². The fraction of sp³-hybridized carbons (Fsp3) is 0.786. The quantitative estimate of drug-likeness (QED) is 0.861. The molecule has 0 radical (unpaired) electrons. The Balaban J connectivity index is 1.93. The molecule has 2 rings (SSSR count). The summed E-state index contributed by atoms with van der Waals surface area (Å²) in [6.07, 6.45) is 2.20. The molecule has 1 unspecified atom stereocenters. The minimum absolute atomic E-state index is 0.263. The summed E-state index contributed by atoms with van der Waals surface area (Å²) in [5.74, 6) is 0.700. The van der Waals surface area contributed by atoms with E-state index in [0.717, 1.165) is 44.8 Å². The lowest BCUT2D eigenvalue weighted by atomic mass is 9.84. The molecular formula is C14H24N2OS. The maximum atomic E-state index is 5.63. The molecular weight excluding hydrogens is 244 g/mol. The van der Waals surface area contributed by atoms with Crippen molar-refractivity contribution in [1.29, 1.82) is 0 Å². The van der Waals surface area contributed by atoms with Crippen LogP contribution in [-0.2, 0) is 11.2 Å². The minimum atomic E-state index is 0.263. The lowest BCUT2D eigenvalue weighted by molar-refractivity contribution is 0.148. The van der Waals surface area contributed by atoms with E-state index >= 15 is 0 Å². The third kappa shape index (κ3) is 3.77. The van der Waals surface area contributed by atoms with Gasteiger partial charge in [-0.15, -0.1) is 11.3 Å². The van der Waals surface area contributed by atoms with E-state index in [0.29, 0.717) is 5.92 Å². The number of aromatic nitrogens is 1. The molecule has 1 N–H and O–H groups in total. The lowest BCUT2D eigenvalue weighted by Crippen LogP contribution is -2.38. The van der Waals surface area contributed by atoms with E-state index < -0.39 is 0 Å². The summed E-state index contributed by atoms with van der Waals surface area (Å²) in [4.78, 5) is 4.60. The van der Waals surface area contributed by atoms with Gasteiger partial charge >= 0.3 is 0 Å². The van der Waals surface area contributed by atoms with Gasteiger partial charge in [0, 0.05) is 36.1 Å². The number of hydrogen-bond donors (Lipinski definition) is 1. The van der Waals surface area contributed by atoms with Gasteiger partial charge in [0.1, 0.15) is 0 Å². The number of aryl methyl sites for hydroxylation is 1. The molecule has 1 aromatic heterocycles. The molecule has 1 saturated heterocycles. The number of hydrogen-bond acceptors (Lipinski definition) is 4. The monoisotopic (exact) mass is 268 g/mol. The van der Waals surface area contributed by atoms with Crippen molar-refractivity contribution in [3.8, 4) is 0 Å². The second-order valence-electron chi connectivity index (χ2n) is 5.89. The first-order valence-electron chi connectivity index (χ1n) is 6.79. The van der Waals surface area contributed by atoms with Crippen molar-refractivity contribution in [1.82, 2.24) is 10.3 Å². The molecule has 4 heteroatoms. The van der Waals surface area contributed by atoms with E-state index in [4.69, 9.17) is 4.74 Å². The van der Waals surface area contributed by atoms with Crippen LogP contribution in [-0.4, -0.2) is 31.3 Å². The maximum absolute atomic E-state index is 5.63. The van der Waals surface area contributed by atoms with Gasteiger partial charge in [0.25, 0.3) is 0 Å². The Kier molecular flexibility index (Phi) is 4.76. The molecule has 1 aliphatic heterocycles. The van der Waals surface area contributed by atoms with Crippen molar-refractivity contribution in [3.63, 3.8) is 0 Å². The van der Waals surface area contributed by atoms with Crippen LogP contribution in [0.5, 0.6) is 0 Å². The van der Waals surface area contributed by atoms with E-state index in [9.17, 15) is 0 Å². The molecule has 2 heterocycles. The normalized spacial score (nSPS) is 24.0. The number of nitrogens with zero attached hydrogens (tertiary/aromatic N) is 1. The Bertz CT molecular complexity index is 370. The average Bonchev–Trinajstić information content (AvgIpc) is 2.89. The second kappa shape index (κ2) is 6.13. The average molecular weight is 268 g/mol. The first-order chi connectivity index (χ1) is 8.60. The van der Waals surface area contributed by atoms with Gasteiger partial charge < -0.3 is 10.1 Å². The standard InChI is InChI=1S/C14H24N2OS/c1-11(2)7-15-9-14(4-5-17-10-14)6-13-16-12(3)8-18-13/h8,11,15H,4-7,9-10H2,1-3H3. The van der Waals surface area contributed by atoms with E-state index in [1.165, 1.54) is 5.01 Å². The van der Waals surface area contributed by atoms with Gasteiger partial charge in [0.2, 0.25) is 0 Å². The molecule has 0 saturated carbocycles. The van der Waals surface area contributed by atoms with Gasteiger partial charge in [-0.05, 0) is 25.8 Å². The third-order valence-electron chi connectivity index (χ3n) is 3.43.